The van der Waals surface area contributed by atoms with E-state index in [-0.39, 0.29) is 30.8 Å². The molecule has 0 spiro atoms. The number of piperazine rings is 1. The highest BCUT2D eigenvalue weighted by Crippen LogP contribution is 2.21. The number of hydrogen-bond donors (Lipinski definition) is 1. The molecule has 0 bridgehead atoms. The molecule has 1 aromatic carbocycles. The first-order chi connectivity index (χ1) is 10.5. The normalized spacial score (nSPS) is 17.2. The van der Waals surface area contributed by atoms with E-state index in [9.17, 15) is 9.59 Å². The molecule has 1 fully saturated rings. The monoisotopic (exact) mass is 341 g/mol. The summed E-state index contributed by atoms with van der Waals surface area (Å²) in [6.45, 7) is 3.82. The zero-order valence-electron chi connectivity index (χ0n) is 13.5. The number of nitrogens with two attached hydrogens (primary N) is 1. The van der Waals surface area contributed by atoms with E-state index in [2.05, 4.69) is 0 Å². The fraction of sp³-hybridized carbons (Fsp3) is 0.500. The number of methoxy groups -OCH3 is 1. The Morgan fingerprint density at radius 3 is 2.17 bits per heavy atom. The molecule has 23 heavy (non-hydrogen) atoms. The van der Waals surface area contributed by atoms with E-state index in [0.717, 1.165) is 5.56 Å². The van der Waals surface area contributed by atoms with Crippen LogP contribution < -0.4 is 5.73 Å². The van der Waals surface area contributed by atoms with E-state index < -0.39 is 5.54 Å². The molecule has 1 aliphatic heterocycles. The van der Waals surface area contributed by atoms with Crippen molar-refractivity contribution in [3.63, 3.8) is 0 Å². The minimum absolute atomic E-state index is 0. The van der Waals surface area contributed by atoms with Gasteiger partial charge in [-0.15, -0.1) is 12.4 Å². The molecule has 2 N–H and O–H groups in total. The fourth-order valence-corrected chi connectivity index (χ4v) is 2.61. The van der Waals surface area contributed by atoms with Crippen LogP contribution in [0.2, 0.25) is 0 Å². The number of rotatable bonds is 4. The summed E-state index contributed by atoms with van der Waals surface area (Å²) in [6.07, 6.45) is 0. The van der Waals surface area contributed by atoms with Gasteiger partial charge in [-0.3, -0.25) is 9.59 Å². The molecule has 1 heterocycles. The predicted octanol–water partition coefficient (Wildman–Crippen LogP) is 0.600. The highest BCUT2D eigenvalue weighted by Gasteiger charge is 2.36. The molecular formula is C16H24ClN3O3. The van der Waals surface area contributed by atoms with Gasteiger partial charge in [-0.05, 0) is 12.5 Å². The van der Waals surface area contributed by atoms with Crippen molar-refractivity contribution in [2.45, 2.75) is 12.5 Å². The maximum atomic E-state index is 12.7. The Morgan fingerprint density at radius 1 is 1.13 bits per heavy atom. The van der Waals surface area contributed by atoms with Crippen LogP contribution in [0.4, 0.5) is 0 Å². The molecule has 1 unspecified atom stereocenters. The van der Waals surface area contributed by atoms with Gasteiger partial charge in [0.1, 0.15) is 12.1 Å². The summed E-state index contributed by atoms with van der Waals surface area (Å²) in [5, 5.41) is 0. The summed E-state index contributed by atoms with van der Waals surface area (Å²) in [7, 11) is 1.50. The van der Waals surface area contributed by atoms with Crippen molar-refractivity contribution in [3.05, 3.63) is 35.9 Å². The second-order valence-corrected chi connectivity index (χ2v) is 5.67. The van der Waals surface area contributed by atoms with Gasteiger partial charge >= 0.3 is 0 Å². The van der Waals surface area contributed by atoms with Crippen LogP contribution in [0.15, 0.2) is 30.3 Å². The van der Waals surface area contributed by atoms with E-state index in [0.29, 0.717) is 26.2 Å². The van der Waals surface area contributed by atoms with Crippen LogP contribution in [0.1, 0.15) is 12.5 Å². The van der Waals surface area contributed by atoms with E-state index in [1.54, 1.807) is 16.7 Å². The number of benzene rings is 1. The van der Waals surface area contributed by atoms with Crippen LogP contribution in [-0.4, -0.2) is 61.5 Å². The van der Waals surface area contributed by atoms with Crippen LogP contribution in [0.3, 0.4) is 0 Å². The number of amides is 2. The van der Waals surface area contributed by atoms with Crippen molar-refractivity contribution >= 4 is 24.2 Å². The molecule has 1 atom stereocenters. The topological polar surface area (TPSA) is 75.9 Å². The summed E-state index contributed by atoms with van der Waals surface area (Å²) in [4.78, 5) is 27.9. The van der Waals surface area contributed by atoms with Gasteiger partial charge in [-0.25, -0.2) is 0 Å². The van der Waals surface area contributed by atoms with Gasteiger partial charge in [0.2, 0.25) is 11.8 Å². The largest absolute Gasteiger partial charge is 0.375 e. The minimum Gasteiger partial charge on any atom is -0.375 e. The second kappa shape index (κ2) is 8.29. The van der Waals surface area contributed by atoms with Gasteiger partial charge in [-0.2, -0.15) is 0 Å². The molecule has 128 valence electrons. The Hall–Kier alpha value is -1.63. The van der Waals surface area contributed by atoms with Gasteiger partial charge in [0.15, 0.2) is 0 Å². The van der Waals surface area contributed by atoms with Gasteiger partial charge in [0.25, 0.3) is 0 Å². The second-order valence-electron chi connectivity index (χ2n) is 5.67. The van der Waals surface area contributed by atoms with E-state index in [1.807, 2.05) is 30.3 Å². The van der Waals surface area contributed by atoms with Crippen LogP contribution in [-0.2, 0) is 19.9 Å². The molecule has 0 aliphatic carbocycles. The molecule has 2 amide bonds. The lowest BCUT2D eigenvalue weighted by Gasteiger charge is -2.38. The van der Waals surface area contributed by atoms with Crippen molar-refractivity contribution < 1.29 is 14.3 Å². The fourth-order valence-electron chi connectivity index (χ4n) is 2.61. The highest BCUT2D eigenvalue weighted by molar-refractivity contribution is 5.87. The lowest BCUT2D eigenvalue weighted by Crippen LogP contribution is -2.57. The number of carbonyl (C=O) groups excluding carboxylic acids is 2. The number of carbonyl (C=O) groups is 2. The first-order valence-corrected chi connectivity index (χ1v) is 7.37. The number of halogens is 1. The quantitative estimate of drug-likeness (QED) is 0.870. The van der Waals surface area contributed by atoms with E-state index in [1.165, 1.54) is 7.11 Å². The molecule has 1 saturated heterocycles. The first-order valence-electron chi connectivity index (χ1n) is 7.37. The predicted molar refractivity (Wildman–Crippen MR) is 90.3 cm³/mol. The smallest absolute Gasteiger partial charge is 0.248 e. The van der Waals surface area contributed by atoms with Crippen LogP contribution in [0, 0.1) is 0 Å². The molecule has 7 heteroatoms. The third kappa shape index (κ3) is 4.43. The average Bonchev–Trinajstić information content (AvgIpc) is 2.55. The molecule has 0 aromatic heterocycles. The zero-order chi connectivity index (χ0) is 16.2. The van der Waals surface area contributed by atoms with Crippen molar-refractivity contribution in [1.29, 1.82) is 0 Å². The first kappa shape index (κ1) is 19.4. The van der Waals surface area contributed by atoms with Crippen molar-refractivity contribution in [3.8, 4) is 0 Å². The minimum atomic E-state index is -1.06. The zero-order valence-corrected chi connectivity index (χ0v) is 14.3. The van der Waals surface area contributed by atoms with E-state index >= 15 is 0 Å². The van der Waals surface area contributed by atoms with Crippen molar-refractivity contribution in [1.82, 2.24) is 9.80 Å². The number of ether oxygens (including phenoxy) is 1. The third-order valence-electron chi connectivity index (χ3n) is 4.01. The summed E-state index contributed by atoms with van der Waals surface area (Å²) < 4.78 is 4.85. The molecule has 0 radical (unpaired) electrons. The van der Waals surface area contributed by atoms with Crippen molar-refractivity contribution in [2.24, 2.45) is 5.73 Å². The number of hydrogen-bond acceptors (Lipinski definition) is 4. The van der Waals surface area contributed by atoms with Gasteiger partial charge in [0, 0.05) is 33.3 Å². The lowest BCUT2D eigenvalue weighted by molar-refractivity contribution is -0.144. The summed E-state index contributed by atoms with van der Waals surface area (Å²) in [6, 6.07) is 9.35. The Kier molecular flexibility index (Phi) is 7.00. The number of nitrogens with zero attached hydrogens (tertiary/aromatic N) is 2. The molecule has 2 rings (SSSR count). The standard InChI is InChI=1S/C16H23N3O3.ClH/c1-16(17,13-6-4-3-5-7-13)15(21)19-10-8-18(9-11-19)14(20)12-22-2;/h3-7H,8-12,17H2,1-2H3;1H. The van der Waals surface area contributed by atoms with Crippen LogP contribution in [0.25, 0.3) is 0 Å². The molecule has 6 nitrogen and oxygen atoms in total. The van der Waals surface area contributed by atoms with Crippen molar-refractivity contribution in [2.75, 3.05) is 39.9 Å². The Morgan fingerprint density at radius 2 is 1.65 bits per heavy atom. The van der Waals surface area contributed by atoms with Gasteiger partial charge in [0.05, 0.1) is 0 Å². The Labute approximate surface area is 143 Å². The summed E-state index contributed by atoms with van der Waals surface area (Å²) >= 11 is 0. The van der Waals surface area contributed by atoms with Crippen LogP contribution in [0.5, 0.6) is 0 Å². The molecule has 1 aromatic rings. The Balaban J connectivity index is 0.00000264. The average molecular weight is 342 g/mol. The SMILES string of the molecule is COCC(=O)N1CCN(C(=O)C(C)(N)c2ccccc2)CC1.Cl. The summed E-state index contributed by atoms with van der Waals surface area (Å²) in [5.74, 6) is -0.161. The molecule has 0 saturated carbocycles. The highest BCUT2D eigenvalue weighted by atomic mass is 35.5. The maximum absolute atomic E-state index is 12.7. The van der Waals surface area contributed by atoms with Crippen LogP contribution >= 0.6 is 12.4 Å². The third-order valence-corrected chi connectivity index (χ3v) is 4.01. The lowest BCUT2D eigenvalue weighted by atomic mass is 9.91. The molecule has 1 aliphatic rings. The van der Waals surface area contributed by atoms with Gasteiger partial charge < -0.3 is 20.3 Å². The Bertz CT molecular complexity index is 529. The molecular weight excluding hydrogens is 318 g/mol. The van der Waals surface area contributed by atoms with E-state index in [4.69, 9.17) is 10.5 Å². The van der Waals surface area contributed by atoms with Gasteiger partial charge in [-0.1, -0.05) is 30.3 Å². The summed E-state index contributed by atoms with van der Waals surface area (Å²) in [5.41, 5.74) is 6.00. The maximum Gasteiger partial charge on any atom is 0.248 e.